The van der Waals surface area contributed by atoms with Crippen molar-refractivity contribution in [2.45, 2.75) is 0 Å². The number of nitrogens with zero attached hydrogens (tertiary/aromatic N) is 2. The molecule has 0 saturated carbocycles. The second-order valence-electron chi connectivity index (χ2n) is 3.97. The Morgan fingerprint density at radius 2 is 1.83 bits per heavy atom. The standard InChI is InChI=1S/C14H17N3O/c1-16-14(15)17(2)12-8-9-13(18-3)11-7-5-4-6-10(11)12/h4-9H,1-3H3,(H2,15,16). The predicted molar refractivity (Wildman–Crippen MR) is 76.4 cm³/mol. The number of rotatable bonds is 2. The van der Waals surface area contributed by atoms with E-state index in [1.54, 1.807) is 14.2 Å². The summed E-state index contributed by atoms with van der Waals surface area (Å²) in [5, 5.41) is 2.15. The molecule has 0 aliphatic heterocycles. The largest absolute Gasteiger partial charge is 0.496 e. The van der Waals surface area contributed by atoms with Crippen molar-refractivity contribution in [2.24, 2.45) is 10.7 Å². The molecule has 0 atom stereocenters. The van der Waals surface area contributed by atoms with Crippen LogP contribution in [0.25, 0.3) is 10.8 Å². The Labute approximate surface area is 107 Å². The van der Waals surface area contributed by atoms with E-state index in [2.05, 4.69) is 4.99 Å². The third-order valence-electron chi connectivity index (χ3n) is 3.02. The van der Waals surface area contributed by atoms with Gasteiger partial charge >= 0.3 is 0 Å². The molecule has 4 nitrogen and oxygen atoms in total. The number of hydrogen-bond donors (Lipinski definition) is 1. The van der Waals surface area contributed by atoms with Crippen LogP contribution in [0.1, 0.15) is 0 Å². The summed E-state index contributed by atoms with van der Waals surface area (Å²) in [4.78, 5) is 5.87. The maximum atomic E-state index is 5.85. The van der Waals surface area contributed by atoms with Crippen LogP contribution in [0.5, 0.6) is 5.75 Å². The third-order valence-corrected chi connectivity index (χ3v) is 3.02. The number of methoxy groups -OCH3 is 1. The number of anilines is 1. The SMILES string of the molecule is CN=C(N)N(C)c1ccc(OC)c2ccccc12. The zero-order valence-corrected chi connectivity index (χ0v) is 10.8. The van der Waals surface area contributed by atoms with Crippen molar-refractivity contribution in [1.82, 2.24) is 0 Å². The quantitative estimate of drug-likeness (QED) is 0.650. The van der Waals surface area contributed by atoms with Crippen molar-refractivity contribution in [3.8, 4) is 5.75 Å². The number of aliphatic imine (C=N–C) groups is 1. The summed E-state index contributed by atoms with van der Waals surface area (Å²) in [5.74, 6) is 1.33. The van der Waals surface area contributed by atoms with Gasteiger partial charge in [-0.2, -0.15) is 0 Å². The van der Waals surface area contributed by atoms with Gasteiger partial charge < -0.3 is 15.4 Å². The Hall–Kier alpha value is -2.23. The van der Waals surface area contributed by atoms with Crippen LogP contribution in [0.4, 0.5) is 5.69 Å². The van der Waals surface area contributed by atoms with Gasteiger partial charge in [-0.1, -0.05) is 24.3 Å². The number of fused-ring (bicyclic) bond motifs is 1. The molecule has 2 rings (SSSR count). The molecule has 0 aliphatic rings. The van der Waals surface area contributed by atoms with Crippen LogP contribution in [-0.4, -0.2) is 27.2 Å². The lowest BCUT2D eigenvalue weighted by Crippen LogP contribution is -2.33. The highest BCUT2D eigenvalue weighted by Crippen LogP contribution is 2.32. The molecule has 2 aromatic carbocycles. The zero-order chi connectivity index (χ0) is 13.1. The normalized spacial score (nSPS) is 11.6. The lowest BCUT2D eigenvalue weighted by atomic mass is 10.1. The predicted octanol–water partition coefficient (Wildman–Crippen LogP) is 2.23. The summed E-state index contributed by atoms with van der Waals surface area (Å²) in [6.45, 7) is 0. The molecule has 0 saturated heterocycles. The summed E-state index contributed by atoms with van der Waals surface area (Å²) >= 11 is 0. The minimum absolute atomic E-state index is 0.477. The van der Waals surface area contributed by atoms with Crippen LogP contribution in [0.3, 0.4) is 0 Å². The summed E-state index contributed by atoms with van der Waals surface area (Å²) in [5.41, 5.74) is 6.86. The Morgan fingerprint density at radius 1 is 1.17 bits per heavy atom. The molecule has 0 fully saturated rings. The van der Waals surface area contributed by atoms with E-state index in [1.807, 2.05) is 48.3 Å². The number of nitrogens with two attached hydrogens (primary N) is 1. The van der Waals surface area contributed by atoms with Crippen molar-refractivity contribution in [1.29, 1.82) is 0 Å². The molecule has 4 heteroatoms. The molecule has 0 aliphatic carbocycles. The Morgan fingerprint density at radius 3 is 2.44 bits per heavy atom. The molecule has 0 radical (unpaired) electrons. The smallest absolute Gasteiger partial charge is 0.195 e. The van der Waals surface area contributed by atoms with Crippen LogP contribution in [0, 0.1) is 0 Å². The van der Waals surface area contributed by atoms with E-state index in [0.717, 1.165) is 22.2 Å². The van der Waals surface area contributed by atoms with Gasteiger partial charge in [-0.15, -0.1) is 0 Å². The molecular weight excluding hydrogens is 226 g/mol. The molecule has 2 N–H and O–H groups in total. The van der Waals surface area contributed by atoms with Crippen LogP contribution in [0.15, 0.2) is 41.4 Å². The molecule has 2 aromatic rings. The number of benzene rings is 2. The molecule has 0 heterocycles. The average Bonchev–Trinajstić information content (AvgIpc) is 2.44. The molecule has 94 valence electrons. The van der Waals surface area contributed by atoms with Crippen LogP contribution in [-0.2, 0) is 0 Å². The summed E-state index contributed by atoms with van der Waals surface area (Å²) < 4.78 is 5.37. The maximum absolute atomic E-state index is 5.85. The number of ether oxygens (including phenoxy) is 1. The van der Waals surface area contributed by atoms with E-state index in [4.69, 9.17) is 10.5 Å². The fraction of sp³-hybridized carbons (Fsp3) is 0.214. The fourth-order valence-electron chi connectivity index (χ4n) is 2.00. The molecule has 0 bridgehead atoms. The van der Waals surface area contributed by atoms with Gasteiger partial charge in [-0.05, 0) is 12.1 Å². The first-order chi connectivity index (χ1) is 8.69. The van der Waals surface area contributed by atoms with Crippen molar-refractivity contribution in [2.75, 3.05) is 26.1 Å². The van der Waals surface area contributed by atoms with Gasteiger partial charge in [0.05, 0.1) is 12.8 Å². The van der Waals surface area contributed by atoms with Gasteiger partial charge in [0.2, 0.25) is 0 Å². The zero-order valence-electron chi connectivity index (χ0n) is 10.8. The minimum Gasteiger partial charge on any atom is -0.496 e. The highest BCUT2D eigenvalue weighted by atomic mass is 16.5. The van der Waals surface area contributed by atoms with Crippen LogP contribution < -0.4 is 15.4 Å². The van der Waals surface area contributed by atoms with E-state index in [0.29, 0.717) is 5.96 Å². The van der Waals surface area contributed by atoms with Gasteiger partial charge in [0.1, 0.15) is 5.75 Å². The molecule has 18 heavy (non-hydrogen) atoms. The molecule has 0 amide bonds. The van der Waals surface area contributed by atoms with Gasteiger partial charge in [-0.3, -0.25) is 4.99 Å². The van der Waals surface area contributed by atoms with Crippen LogP contribution >= 0.6 is 0 Å². The Kier molecular flexibility index (Phi) is 3.37. The highest BCUT2D eigenvalue weighted by Gasteiger charge is 2.11. The van der Waals surface area contributed by atoms with E-state index in [1.165, 1.54) is 0 Å². The molecule has 0 spiro atoms. The third kappa shape index (κ3) is 1.97. The summed E-state index contributed by atoms with van der Waals surface area (Å²) in [6.07, 6.45) is 0. The Balaban J connectivity index is 2.67. The van der Waals surface area contributed by atoms with E-state index < -0.39 is 0 Å². The minimum atomic E-state index is 0.477. The number of guanidine groups is 1. The van der Waals surface area contributed by atoms with Crippen LogP contribution in [0.2, 0.25) is 0 Å². The van der Waals surface area contributed by atoms with Gasteiger partial charge in [0.25, 0.3) is 0 Å². The lowest BCUT2D eigenvalue weighted by Gasteiger charge is -2.20. The average molecular weight is 243 g/mol. The van der Waals surface area contributed by atoms with E-state index in [9.17, 15) is 0 Å². The summed E-state index contributed by atoms with van der Waals surface area (Å²) in [6, 6.07) is 12.0. The highest BCUT2D eigenvalue weighted by molar-refractivity contribution is 6.05. The van der Waals surface area contributed by atoms with Crippen molar-refractivity contribution in [3.05, 3.63) is 36.4 Å². The first-order valence-electron chi connectivity index (χ1n) is 5.70. The molecular formula is C14H17N3O. The first kappa shape index (κ1) is 12.2. The van der Waals surface area contributed by atoms with Gasteiger partial charge in [-0.25, -0.2) is 0 Å². The second kappa shape index (κ2) is 4.96. The summed E-state index contributed by atoms with van der Waals surface area (Å²) in [7, 11) is 5.25. The molecule has 0 aromatic heterocycles. The first-order valence-corrected chi connectivity index (χ1v) is 5.70. The van der Waals surface area contributed by atoms with E-state index >= 15 is 0 Å². The maximum Gasteiger partial charge on any atom is 0.195 e. The Bertz CT molecular complexity index is 593. The van der Waals surface area contributed by atoms with Gasteiger partial charge in [0.15, 0.2) is 5.96 Å². The van der Waals surface area contributed by atoms with E-state index in [-0.39, 0.29) is 0 Å². The second-order valence-corrected chi connectivity index (χ2v) is 3.97. The van der Waals surface area contributed by atoms with Gasteiger partial charge in [0, 0.05) is 24.9 Å². The fourth-order valence-corrected chi connectivity index (χ4v) is 2.00. The van der Waals surface area contributed by atoms with Crippen molar-refractivity contribution < 1.29 is 4.74 Å². The number of hydrogen-bond acceptors (Lipinski definition) is 2. The molecule has 0 unspecified atom stereocenters. The van der Waals surface area contributed by atoms with Crippen molar-refractivity contribution in [3.63, 3.8) is 0 Å². The van der Waals surface area contributed by atoms with Crippen molar-refractivity contribution >= 4 is 22.4 Å². The monoisotopic (exact) mass is 243 g/mol. The topological polar surface area (TPSA) is 50.8 Å². The lowest BCUT2D eigenvalue weighted by molar-refractivity contribution is 0.420.